The van der Waals surface area contributed by atoms with Crippen molar-refractivity contribution < 1.29 is 4.39 Å². The van der Waals surface area contributed by atoms with E-state index in [-0.39, 0.29) is 29.8 Å². The molecular formula is C16H28FIN4. The minimum atomic E-state index is -0.215. The summed E-state index contributed by atoms with van der Waals surface area (Å²) in [6.07, 6.45) is 0. The Bertz CT molecular complexity index is 475. The number of aliphatic imine (C=N–C) groups is 1. The van der Waals surface area contributed by atoms with Crippen molar-refractivity contribution in [2.45, 2.75) is 27.3 Å². The summed E-state index contributed by atoms with van der Waals surface area (Å²) in [5.74, 6) is 1.10. The van der Waals surface area contributed by atoms with Gasteiger partial charge in [0.2, 0.25) is 0 Å². The van der Waals surface area contributed by atoms with Crippen LogP contribution in [0.25, 0.3) is 0 Å². The van der Waals surface area contributed by atoms with Crippen molar-refractivity contribution in [2.75, 3.05) is 32.1 Å². The molecule has 0 saturated heterocycles. The van der Waals surface area contributed by atoms with Crippen molar-refractivity contribution in [1.29, 1.82) is 0 Å². The monoisotopic (exact) mass is 422 g/mol. The number of anilines is 1. The largest absolute Gasteiger partial charge is 0.375 e. The summed E-state index contributed by atoms with van der Waals surface area (Å²) in [6, 6.07) is 5.24. The first-order valence-corrected chi connectivity index (χ1v) is 7.42. The first kappa shape index (κ1) is 20.9. The van der Waals surface area contributed by atoms with Crippen LogP contribution in [0, 0.1) is 11.7 Å². The number of rotatable bonds is 6. The molecule has 1 rings (SSSR count). The molecule has 1 aromatic rings. The van der Waals surface area contributed by atoms with Crippen LogP contribution >= 0.6 is 24.0 Å². The van der Waals surface area contributed by atoms with E-state index >= 15 is 0 Å². The van der Waals surface area contributed by atoms with Crippen molar-refractivity contribution in [2.24, 2.45) is 10.9 Å². The van der Waals surface area contributed by atoms with Crippen LogP contribution in [0.4, 0.5) is 10.1 Å². The highest BCUT2D eigenvalue weighted by Gasteiger charge is 2.05. The van der Waals surface area contributed by atoms with Gasteiger partial charge in [0, 0.05) is 27.2 Å². The molecular weight excluding hydrogens is 394 g/mol. The van der Waals surface area contributed by atoms with Gasteiger partial charge < -0.3 is 15.5 Å². The Kier molecular flexibility index (Phi) is 10.1. The van der Waals surface area contributed by atoms with E-state index in [9.17, 15) is 4.39 Å². The third kappa shape index (κ3) is 7.29. The van der Waals surface area contributed by atoms with Gasteiger partial charge in [0.15, 0.2) is 5.96 Å². The maximum absolute atomic E-state index is 13.9. The van der Waals surface area contributed by atoms with E-state index in [1.807, 2.05) is 27.1 Å². The molecule has 0 radical (unpaired) electrons. The zero-order valence-corrected chi connectivity index (χ0v) is 16.4. The van der Waals surface area contributed by atoms with Gasteiger partial charge in [-0.05, 0) is 30.5 Å². The molecule has 2 N–H and O–H groups in total. The molecule has 0 aliphatic carbocycles. The molecule has 0 atom stereocenters. The van der Waals surface area contributed by atoms with E-state index in [0.29, 0.717) is 18.2 Å². The fourth-order valence-corrected chi connectivity index (χ4v) is 1.82. The number of guanidine groups is 1. The van der Waals surface area contributed by atoms with Gasteiger partial charge in [0.05, 0.1) is 12.2 Å². The van der Waals surface area contributed by atoms with Gasteiger partial charge in [0.1, 0.15) is 5.82 Å². The van der Waals surface area contributed by atoms with E-state index in [2.05, 4.69) is 29.5 Å². The number of hydrogen-bond donors (Lipinski definition) is 2. The summed E-state index contributed by atoms with van der Waals surface area (Å²) in [7, 11) is 3.66. The van der Waals surface area contributed by atoms with E-state index in [1.165, 1.54) is 0 Å². The topological polar surface area (TPSA) is 39.7 Å². The highest BCUT2D eigenvalue weighted by Crippen LogP contribution is 2.18. The molecule has 126 valence electrons. The van der Waals surface area contributed by atoms with E-state index in [4.69, 9.17) is 0 Å². The van der Waals surface area contributed by atoms with Crippen LogP contribution < -0.4 is 15.5 Å². The number of hydrogen-bond acceptors (Lipinski definition) is 2. The normalized spacial score (nSPS) is 11.1. The molecule has 0 aromatic heterocycles. The van der Waals surface area contributed by atoms with Gasteiger partial charge in [-0.15, -0.1) is 24.0 Å². The lowest BCUT2D eigenvalue weighted by atomic mass is 10.2. The molecule has 1 aromatic carbocycles. The minimum Gasteiger partial charge on any atom is -0.375 e. The highest BCUT2D eigenvalue weighted by molar-refractivity contribution is 14.0. The van der Waals surface area contributed by atoms with E-state index in [0.717, 1.165) is 24.6 Å². The summed E-state index contributed by atoms with van der Waals surface area (Å²) in [4.78, 5) is 6.25. The van der Waals surface area contributed by atoms with Gasteiger partial charge >= 0.3 is 0 Å². The Labute approximate surface area is 150 Å². The maximum atomic E-state index is 13.9. The molecule has 0 amide bonds. The van der Waals surface area contributed by atoms with Crippen molar-refractivity contribution >= 4 is 35.6 Å². The average molecular weight is 422 g/mol. The van der Waals surface area contributed by atoms with Gasteiger partial charge in [-0.1, -0.05) is 19.9 Å². The molecule has 0 heterocycles. The minimum absolute atomic E-state index is 0. The van der Waals surface area contributed by atoms with Gasteiger partial charge in [0.25, 0.3) is 0 Å². The predicted octanol–water partition coefficient (Wildman–Crippen LogP) is 3.22. The SMILES string of the molecule is CCNC(=NCc1ccc(N(C)C)c(F)c1)NCC(C)C.I. The Balaban J connectivity index is 0.00000441. The fourth-order valence-electron chi connectivity index (χ4n) is 1.82. The van der Waals surface area contributed by atoms with Crippen LogP contribution in [-0.2, 0) is 6.54 Å². The van der Waals surface area contributed by atoms with Crippen molar-refractivity contribution in [3.05, 3.63) is 29.6 Å². The Hall–Kier alpha value is -1.05. The molecule has 22 heavy (non-hydrogen) atoms. The molecule has 0 aliphatic rings. The van der Waals surface area contributed by atoms with Crippen LogP contribution in [0.3, 0.4) is 0 Å². The highest BCUT2D eigenvalue weighted by atomic mass is 127. The molecule has 6 heteroatoms. The number of nitrogens with zero attached hydrogens (tertiary/aromatic N) is 2. The van der Waals surface area contributed by atoms with Crippen molar-refractivity contribution in [3.63, 3.8) is 0 Å². The predicted molar refractivity (Wildman–Crippen MR) is 104 cm³/mol. The zero-order chi connectivity index (χ0) is 15.8. The van der Waals surface area contributed by atoms with Crippen LogP contribution in [0.5, 0.6) is 0 Å². The van der Waals surface area contributed by atoms with Crippen LogP contribution in [-0.4, -0.2) is 33.1 Å². The van der Waals surface area contributed by atoms with E-state index < -0.39 is 0 Å². The second kappa shape index (κ2) is 10.6. The summed E-state index contributed by atoms with van der Waals surface area (Å²) < 4.78 is 13.9. The molecule has 4 nitrogen and oxygen atoms in total. The lowest BCUT2D eigenvalue weighted by Gasteiger charge is -2.15. The maximum Gasteiger partial charge on any atom is 0.191 e. The van der Waals surface area contributed by atoms with Crippen LogP contribution in [0.1, 0.15) is 26.3 Å². The fraction of sp³-hybridized carbons (Fsp3) is 0.562. The molecule has 0 saturated carbocycles. The van der Waals surface area contributed by atoms with Crippen molar-refractivity contribution in [3.8, 4) is 0 Å². The number of halogens is 2. The molecule has 0 fully saturated rings. The third-order valence-electron chi connectivity index (χ3n) is 2.94. The first-order valence-electron chi connectivity index (χ1n) is 7.42. The van der Waals surface area contributed by atoms with Crippen LogP contribution in [0.15, 0.2) is 23.2 Å². The van der Waals surface area contributed by atoms with Gasteiger partial charge in [-0.2, -0.15) is 0 Å². The quantitative estimate of drug-likeness (QED) is 0.420. The summed E-state index contributed by atoms with van der Waals surface area (Å²) in [6.45, 7) is 8.44. The Morgan fingerprint density at radius 3 is 2.45 bits per heavy atom. The smallest absolute Gasteiger partial charge is 0.191 e. The second-order valence-corrected chi connectivity index (χ2v) is 5.65. The standard InChI is InChI=1S/C16H27FN4.HI/c1-6-18-16(19-10-12(2)3)20-11-13-7-8-15(21(4)5)14(17)9-13;/h7-9,12H,6,10-11H2,1-5H3,(H2,18,19,20);1H. The Morgan fingerprint density at radius 1 is 1.27 bits per heavy atom. The molecule has 0 spiro atoms. The van der Waals surface area contributed by atoms with Crippen molar-refractivity contribution in [1.82, 2.24) is 10.6 Å². The average Bonchev–Trinajstić information content (AvgIpc) is 2.41. The number of benzene rings is 1. The van der Waals surface area contributed by atoms with Gasteiger partial charge in [-0.3, -0.25) is 0 Å². The second-order valence-electron chi connectivity index (χ2n) is 5.65. The summed E-state index contributed by atoms with van der Waals surface area (Å²) >= 11 is 0. The molecule has 0 unspecified atom stereocenters. The summed E-state index contributed by atoms with van der Waals surface area (Å²) in [5, 5.41) is 6.46. The summed E-state index contributed by atoms with van der Waals surface area (Å²) in [5.41, 5.74) is 1.45. The first-order chi connectivity index (χ1) is 9.93. The zero-order valence-electron chi connectivity index (χ0n) is 14.1. The lowest BCUT2D eigenvalue weighted by molar-refractivity contribution is 0.614. The number of nitrogens with one attached hydrogen (secondary N) is 2. The van der Waals surface area contributed by atoms with E-state index in [1.54, 1.807) is 17.0 Å². The Morgan fingerprint density at radius 2 is 1.95 bits per heavy atom. The third-order valence-corrected chi connectivity index (χ3v) is 2.94. The van der Waals surface area contributed by atoms with Crippen LogP contribution in [0.2, 0.25) is 0 Å². The molecule has 0 bridgehead atoms. The van der Waals surface area contributed by atoms with Gasteiger partial charge in [-0.25, -0.2) is 9.38 Å². The lowest BCUT2D eigenvalue weighted by Crippen LogP contribution is -2.39. The molecule has 0 aliphatic heterocycles.